The third-order valence-electron chi connectivity index (χ3n) is 3.59. The molecule has 25 heavy (non-hydrogen) atoms. The largest absolute Gasteiger partial charge is 0.370 e. The molecular formula is C19H25IN4O. The van der Waals surface area contributed by atoms with Gasteiger partial charge in [0.1, 0.15) is 0 Å². The van der Waals surface area contributed by atoms with E-state index in [2.05, 4.69) is 34.7 Å². The highest BCUT2D eigenvalue weighted by Crippen LogP contribution is 2.11. The van der Waals surface area contributed by atoms with E-state index in [1.807, 2.05) is 36.4 Å². The number of aliphatic imine (C=N–C) groups is 1. The first-order chi connectivity index (χ1) is 11.6. The fourth-order valence-electron chi connectivity index (χ4n) is 2.27. The lowest BCUT2D eigenvalue weighted by Crippen LogP contribution is -2.23. The molecule has 0 saturated heterocycles. The average molecular weight is 452 g/mol. The lowest BCUT2D eigenvalue weighted by atomic mass is 10.1. The Hall–Kier alpha value is -2.09. The van der Waals surface area contributed by atoms with Gasteiger partial charge in [-0.25, -0.2) is 0 Å². The minimum Gasteiger partial charge on any atom is -0.370 e. The highest BCUT2D eigenvalue weighted by molar-refractivity contribution is 14.0. The van der Waals surface area contributed by atoms with E-state index in [1.54, 1.807) is 0 Å². The molecular weight excluding hydrogens is 427 g/mol. The lowest BCUT2D eigenvalue weighted by Gasteiger charge is -2.07. The molecule has 6 heteroatoms. The zero-order valence-corrected chi connectivity index (χ0v) is 16.9. The molecule has 0 saturated carbocycles. The Morgan fingerprint density at radius 2 is 1.48 bits per heavy atom. The maximum atomic E-state index is 11.0. The Kier molecular flexibility index (Phi) is 8.98. The van der Waals surface area contributed by atoms with Crippen LogP contribution in [0, 0.1) is 0 Å². The highest BCUT2D eigenvalue weighted by atomic mass is 127. The molecule has 0 aliphatic rings. The van der Waals surface area contributed by atoms with Crippen LogP contribution in [-0.2, 0) is 17.6 Å². The number of carbonyl (C=O) groups excluding carboxylic acids is 1. The van der Waals surface area contributed by atoms with Gasteiger partial charge in [0, 0.05) is 24.8 Å². The van der Waals surface area contributed by atoms with E-state index in [4.69, 9.17) is 5.73 Å². The Balaban J connectivity index is 0.00000312. The normalized spacial score (nSPS) is 10.7. The van der Waals surface area contributed by atoms with Gasteiger partial charge in [0.15, 0.2) is 5.96 Å². The van der Waals surface area contributed by atoms with E-state index < -0.39 is 0 Å². The van der Waals surface area contributed by atoms with Crippen molar-refractivity contribution < 1.29 is 4.79 Å². The molecule has 0 heterocycles. The summed E-state index contributed by atoms with van der Waals surface area (Å²) >= 11 is 0. The van der Waals surface area contributed by atoms with Gasteiger partial charge in [-0.2, -0.15) is 0 Å². The van der Waals surface area contributed by atoms with Gasteiger partial charge >= 0.3 is 0 Å². The van der Waals surface area contributed by atoms with Crippen LogP contribution in [0.5, 0.6) is 0 Å². The number of anilines is 2. The molecule has 0 atom stereocenters. The summed E-state index contributed by atoms with van der Waals surface area (Å²) in [6, 6.07) is 15.9. The van der Waals surface area contributed by atoms with E-state index in [-0.39, 0.29) is 29.9 Å². The highest BCUT2D eigenvalue weighted by Gasteiger charge is 1.98. The molecule has 0 spiro atoms. The van der Waals surface area contributed by atoms with Crippen molar-refractivity contribution >= 4 is 47.2 Å². The van der Waals surface area contributed by atoms with E-state index in [0.29, 0.717) is 12.5 Å². The van der Waals surface area contributed by atoms with Gasteiger partial charge < -0.3 is 16.4 Å². The standard InChI is InChI=1S/C19H24N4O.HI/c1-3-15-4-8-18(9-5-15)23-19(20)21-13-12-16-6-10-17(11-7-16)22-14(2)24;/h4-11H,3,12-13H2,1-2H3,(H,22,24)(H3,20,21,23);1H. The Labute approximate surface area is 166 Å². The van der Waals surface area contributed by atoms with Crippen LogP contribution in [-0.4, -0.2) is 18.4 Å². The Morgan fingerprint density at radius 3 is 2.00 bits per heavy atom. The Morgan fingerprint density at radius 1 is 0.960 bits per heavy atom. The van der Waals surface area contributed by atoms with Gasteiger partial charge in [0.2, 0.25) is 5.91 Å². The van der Waals surface area contributed by atoms with E-state index in [0.717, 1.165) is 29.8 Å². The van der Waals surface area contributed by atoms with Crippen LogP contribution in [0.3, 0.4) is 0 Å². The number of nitrogens with two attached hydrogens (primary N) is 1. The second kappa shape index (κ2) is 10.7. The number of carbonyl (C=O) groups is 1. The number of nitrogens with zero attached hydrogens (tertiary/aromatic N) is 1. The van der Waals surface area contributed by atoms with Gasteiger partial charge in [-0.05, 0) is 48.2 Å². The van der Waals surface area contributed by atoms with E-state index in [9.17, 15) is 4.79 Å². The smallest absolute Gasteiger partial charge is 0.221 e. The monoisotopic (exact) mass is 452 g/mol. The predicted octanol–water partition coefficient (Wildman–Crippen LogP) is 3.79. The van der Waals surface area contributed by atoms with Gasteiger partial charge in [-0.3, -0.25) is 9.79 Å². The lowest BCUT2D eigenvalue weighted by molar-refractivity contribution is -0.114. The first-order valence-electron chi connectivity index (χ1n) is 8.09. The molecule has 5 nitrogen and oxygen atoms in total. The maximum Gasteiger partial charge on any atom is 0.221 e. The third kappa shape index (κ3) is 7.55. The molecule has 4 N–H and O–H groups in total. The van der Waals surface area contributed by atoms with Gasteiger partial charge in [-0.15, -0.1) is 24.0 Å². The van der Waals surface area contributed by atoms with Crippen molar-refractivity contribution in [3.63, 3.8) is 0 Å². The molecule has 0 bridgehead atoms. The molecule has 2 rings (SSSR count). The summed E-state index contributed by atoms with van der Waals surface area (Å²) in [5, 5.41) is 5.84. The summed E-state index contributed by atoms with van der Waals surface area (Å²) in [6.45, 7) is 4.22. The zero-order valence-electron chi connectivity index (χ0n) is 14.6. The van der Waals surface area contributed by atoms with Crippen molar-refractivity contribution in [2.24, 2.45) is 10.7 Å². The molecule has 2 aromatic carbocycles. The third-order valence-corrected chi connectivity index (χ3v) is 3.59. The number of benzene rings is 2. The summed E-state index contributed by atoms with van der Waals surface area (Å²) in [7, 11) is 0. The first-order valence-corrected chi connectivity index (χ1v) is 8.09. The minimum absolute atomic E-state index is 0. The predicted molar refractivity (Wildman–Crippen MR) is 116 cm³/mol. The molecule has 0 unspecified atom stereocenters. The van der Waals surface area contributed by atoms with Crippen molar-refractivity contribution in [2.75, 3.05) is 17.2 Å². The maximum absolute atomic E-state index is 11.0. The number of hydrogen-bond donors (Lipinski definition) is 3. The van der Waals surface area contributed by atoms with Crippen LogP contribution in [0.25, 0.3) is 0 Å². The summed E-state index contributed by atoms with van der Waals surface area (Å²) in [5.74, 6) is 0.340. The first kappa shape index (κ1) is 21.0. The number of hydrogen-bond acceptors (Lipinski definition) is 2. The number of amides is 1. The van der Waals surface area contributed by atoms with Crippen molar-refractivity contribution in [2.45, 2.75) is 26.7 Å². The number of nitrogens with one attached hydrogen (secondary N) is 2. The number of aryl methyl sites for hydroxylation is 1. The topological polar surface area (TPSA) is 79.5 Å². The van der Waals surface area contributed by atoms with Crippen LogP contribution in [0.1, 0.15) is 25.0 Å². The average Bonchev–Trinajstić information content (AvgIpc) is 2.57. The van der Waals surface area contributed by atoms with E-state index in [1.165, 1.54) is 12.5 Å². The van der Waals surface area contributed by atoms with Crippen LogP contribution in [0.15, 0.2) is 53.5 Å². The van der Waals surface area contributed by atoms with Crippen molar-refractivity contribution in [1.82, 2.24) is 0 Å². The van der Waals surface area contributed by atoms with Crippen LogP contribution >= 0.6 is 24.0 Å². The van der Waals surface area contributed by atoms with Crippen molar-refractivity contribution in [3.05, 3.63) is 59.7 Å². The van der Waals surface area contributed by atoms with Crippen molar-refractivity contribution in [1.29, 1.82) is 0 Å². The van der Waals surface area contributed by atoms with Crippen LogP contribution in [0.4, 0.5) is 11.4 Å². The Bertz CT molecular complexity index is 696. The summed E-state index contributed by atoms with van der Waals surface area (Å²) in [6.07, 6.45) is 1.81. The molecule has 0 fully saturated rings. The summed E-state index contributed by atoms with van der Waals surface area (Å²) in [4.78, 5) is 15.3. The second-order valence-electron chi connectivity index (χ2n) is 5.57. The van der Waals surface area contributed by atoms with Crippen molar-refractivity contribution in [3.8, 4) is 0 Å². The molecule has 0 aromatic heterocycles. The SMILES string of the molecule is CCc1ccc(NC(N)=NCCc2ccc(NC(C)=O)cc2)cc1.I. The minimum atomic E-state index is -0.0711. The second-order valence-corrected chi connectivity index (χ2v) is 5.57. The summed E-state index contributed by atoms with van der Waals surface area (Å²) in [5.41, 5.74) is 10.1. The summed E-state index contributed by atoms with van der Waals surface area (Å²) < 4.78 is 0. The van der Waals surface area contributed by atoms with Gasteiger partial charge in [0.05, 0.1) is 0 Å². The fraction of sp³-hybridized carbons (Fsp3) is 0.263. The fourth-order valence-corrected chi connectivity index (χ4v) is 2.27. The zero-order chi connectivity index (χ0) is 17.4. The molecule has 0 aliphatic heterocycles. The molecule has 0 aliphatic carbocycles. The van der Waals surface area contributed by atoms with Gasteiger partial charge in [-0.1, -0.05) is 31.2 Å². The number of halogens is 1. The molecule has 134 valence electrons. The van der Waals surface area contributed by atoms with E-state index >= 15 is 0 Å². The molecule has 1 amide bonds. The van der Waals surface area contributed by atoms with Crippen LogP contribution < -0.4 is 16.4 Å². The quantitative estimate of drug-likeness (QED) is 0.355. The van der Waals surface area contributed by atoms with Crippen LogP contribution in [0.2, 0.25) is 0 Å². The van der Waals surface area contributed by atoms with Gasteiger partial charge in [0.25, 0.3) is 0 Å². The number of rotatable bonds is 6. The molecule has 2 aromatic rings. The molecule has 0 radical (unpaired) electrons. The number of guanidine groups is 1.